The number of para-hydroxylation sites is 1. The number of hydrogen-bond donors (Lipinski definition) is 1. The number of carbonyl (C=O) groups excluding carboxylic acids is 1. The Labute approximate surface area is 280 Å². The summed E-state index contributed by atoms with van der Waals surface area (Å²) in [4.78, 5) is 26.4. The molecule has 12 nitrogen and oxygen atoms in total. The summed E-state index contributed by atoms with van der Waals surface area (Å²) in [5.74, 6) is -0.176. The van der Waals surface area contributed by atoms with Gasteiger partial charge in [0.05, 0.1) is 41.7 Å². The topological polar surface area (TPSA) is 161 Å². The number of aromatic nitrogens is 5. The first-order chi connectivity index (χ1) is 22.4. The van der Waals surface area contributed by atoms with Gasteiger partial charge < -0.3 is 19.2 Å². The van der Waals surface area contributed by atoms with Crippen molar-refractivity contribution in [3.8, 4) is 23.7 Å². The van der Waals surface area contributed by atoms with Crippen molar-refractivity contribution in [2.45, 2.75) is 77.3 Å². The van der Waals surface area contributed by atoms with Crippen LogP contribution in [-0.2, 0) is 14.0 Å². The molecule has 0 saturated heterocycles. The Morgan fingerprint density at radius 1 is 0.936 bits per heavy atom. The van der Waals surface area contributed by atoms with Crippen LogP contribution in [0.5, 0.6) is 5.88 Å². The van der Waals surface area contributed by atoms with E-state index in [1.54, 1.807) is 30.3 Å². The zero-order chi connectivity index (χ0) is 34.3. The molecule has 14 heteroatoms. The summed E-state index contributed by atoms with van der Waals surface area (Å²) in [5.41, 5.74) is 2.28. The Morgan fingerprint density at radius 2 is 1.60 bits per heavy atom. The predicted molar refractivity (Wildman–Crippen MR) is 181 cm³/mol. The third-order valence-electron chi connectivity index (χ3n) is 8.15. The Balaban J connectivity index is 1.62. The molecular weight excluding hydrogens is 636 g/mol. The van der Waals surface area contributed by atoms with Gasteiger partial charge >= 0.3 is 0 Å². The number of pyridine rings is 1. The number of fused-ring (bicyclic) bond motifs is 1. The highest BCUT2D eigenvalue weighted by Crippen LogP contribution is 2.42. The standard InChI is InChI=1S/C33H39ClN8O4Si/c1-20(2)47(21(3)4,22(5)6)45-17-23(7)44-18-28(32(43)41-29-12-11-26(34)15-37-29)46-33-27-16-40-42(31(27)38-19-39-33)30-24(13-35)9-8-10-25(30)14-36/h8-12,15-16,19-23,28H,17-18H2,1-7H3,(H,37,41,43)/t23-,28?/m1/s1. The lowest BCUT2D eigenvalue weighted by Gasteiger charge is -2.42. The second-order valence-electron chi connectivity index (χ2n) is 12.1. The first kappa shape index (κ1) is 35.5. The summed E-state index contributed by atoms with van der Waals surface area (Å²) in [6.07, 6.45) is 2.64. The molecule has 0 bridgehead atoms. The Hall–Kier alpha value is -4.40. The van der Waals surface area contributed by atoms with Crippen LogP contribution in [0.1, 0.15) is 59.6 Å². The van der Waals surface area contributed by atoms with Gasteiger partial charge in [-0.25, -0.2) is 19.6 Å². The van der Waals surface area contributed by atoms with Crippen molar-refractivity contribution in [1.82, 2.24) is 24.7 Å². The van der Waals surface area contributed by atoms with E-state index in [9.17, 15) is 15.3 Å². The van der Waals surface area contributed by atoms with Gasteiger partial charge in [-0.15, -0.1) is 0 Å². The first-order valence-electron chi connectivity index (χ1n) is 15.4. The highest BCUT2D eigenvalue weighted by Gasteiger charge is 2.45. The molecule has 0 aliphatic rings. The summed E-state index contributed by atoms with van der Waals surface area (Å²) in [5, 5.41) is 27.4. The number of ether oxygens (including phenoxy) is 2. The molecule has 1 N–H and O–H groups in total. The molecule has 3 aromatic heterocycles. The third kappa shape index (κ3) is 7.77. The molecule has 0 fully saturated rings. The summed E-state index contributed by atoms with van der Waals surface area (Å²) in [6.45, 7) is 15.5. The fraction of sp³-hybridized carbons (Fsp3) is 0.424. The molecule has 1 amide bonds. The minimum atomic E-state index is -2.13. The molecule has 3 heterocycles. The number of hydrogen-bond acceptors (Lipinski definition) is 10. The monoisotopic (exact) mass is 674 g/mol. The Morgan fingerprint density at radius 3 is 2.17 bits per heavy atom. The highest BCUT2D eigenvalue weighted by atomic mass is 35.5. The van der Waals surface area contributed by atoms with E-state index in [1.165, 1.54) is 23.4 Å². The molecule has 0 saturated carbocycles. The van der Waals surface area contributed by atoms with Gasteiger partial charge in [0.2, 0.25) is 12.0 Å². The number of benzene rings is 1. The summed E-state index contributed by atoms with van der Waals surface area (Å²) in [6, 6.07) is 12.2. The quantitative estimate of drug-likeness (QED) is 0.144. The smallest absolute Gasteiger partial charge is 0.269 e. The van der Waals surface area contributed by atoms with Crippen molar-refractivity contribution in [1.29, 1.82) is 10.5 Å². The second-order valence-corrected chi connectivity index (χ2v) is 18.0. The fourth-order valence-electron chi connectivity index (χ4n) is 6.05. The van der Waals surface area contributed by atoms with Gasteiger partial charge in [0.25, 0.3) is 5.91 Å². The number of nitrogens with one attached hydrogen (secondary N) is 1. The SMILES string of the molecule is CC(C)[Si](OC[C@@H](C)OCC(Oc1ncnc2c1cnn2-c1c(C#N)cccc1C#N)C(=O)Nc1ccc(Cl)cn1)(C(C)C)C(C)C. The maximum absolute atomic E-state index is 13.6. The van der Waals surface area contributed by atoms with Gasteiger partial charge in [0.1, 0.15) is 35.4 Å². The lowest BCUT2D eigenvalue weighted by Crippen LogP contribution is -2.49. The average Bonchev–Trinajstić information content (AvgIpc) is 3.47. The van der Waals surface area contributed by atoms with Crippen molar-refractivity contribution in [3.63, 3.8) is 0 Å². The van der Waals surface area contributed by atoms with Crippen LogP contribution >= 0.6 is 11.6 Å². The Bertz CT molecular complexity index is 1730. The molecular formula is C33H39ClN8O4Si. The number of amides is 1. The third-order valence-corrected chi connectivity index (χ3v) is 14.5. The number of carbonyl (C=O) groups is 1. The van der Waals surface area contributed by atoms with Gasteiger partial charge in [-0.3, -0.25) is 4.79 Å². The van der Waals surface area contributed by atoms with Crippen LogP contribution in [-0.4, -0.2) is 64.4 Å². The molecule has 1 unspecified atom stereocenters. The van der Waals surface area contributed by atoms with Gasteiger partial charge in [-0.2, -0.15) is 15.6 Å². The largest absolute Gasteiger partial charge is 0.461 e. The van der Waals surface area contributed by atoms with E-state index >= 15 is 0 Å². The zero-order valence-electron chi connectivity index (χ0n) is 27.6. The van der Waals surface area contributed by atoms with Crippen molar-refractivity contribution in [2.24, 2.45) is 0 Å². The van der Waals surface area contributed by atoms with E-state index in [-0.39, 0.29) is 46.9 Å². The van der Waals surface area contributed by atoms with Crippen LogP contribution in [0.2, 0.25) is 21.6 Å². The van der Waals surface area contributed by atoms with Crippen LogP contribution in [0.25, 0.3) is 16.7 Å². The number of nitrogens with zero attached hydrogens (tertiary/aromatic N) is 7. The molecule has 1 aromatic carbocycles. The maximum atomic E-state index is 13.6. The van der Waals surface area contributed by atoms with Crippen LogP contribution in [0, 0.1) is 22.7 Å². The van der Waals surface area contributed by atoms with E-state index in [2.05, 4.69) is 79.0 Å². The molecule has 0 radical (unpaired) electrons. The first-order valence-corrected chi connectivity index (χ1v) is 17.9. The fourth-order valence-corrected chi connectivity index (χ4v) is 11.7. The molecule has 2 atom stereocenters. The van der Waals surface area contributed by atoms with Crippen molar-refractivity contribution in [3.05, 3.63) is 65.2 Å². The van der Waals surface area contributed by atoms with Gasteiger partial charge in [-0.1, -0.05) is 59.2 Å². The molecule has 47 heavy (non-hydrogen) atoms. The summed E-state index contributed by atoms with van der Waals surface area (Å²) < 4.78 is 20.5. The number of rotatable bonds is 14. The minimum absolute atomic E-state index is 0.0664. The van der Waals surface area contributed by atoms with E-state index < -0.39 is 20.3 Å². The van der Waals surface area contributed by atoms with E-state index in [1.807, 2.05) is 6.92 Å². The number of nitriles is 2. The molecule has 0 aliphatic carbocycles. The maximum Gasteiger partial charge on any atom is 0.269 e. The Kier molecular flexibility index (Phi) is 11.7. The molecule has 4 rings (SSSR count). The van der Waals surface area contributed by atoms with Crippen molar-refractivity contribution < 1.29 is 18.7 Å². The van der Waals surface area contributed by atoms with Crippen molar-refractivity contribution in [2.75, 3.05) is 18.5 Å². The minimum Gasteiger partial charge on any atom is -0.461 e. The normalized spacial score (nSPS) is 13.0. The molecule has 0 spiro atoms. The number of anilines is 1. The predicted octanol–water partition coefficient (Wildman–Crippen LogP) is 6.59. The lowest BCUT2D eigenvalue weighted by atomic mass is 10.1. The zero-order valence-corrected chi connectivity index (χ0v) is 29.3. The van der Waals surface area contributed by atoms with Crippen molar-refractivity contribution >= 4 is 42.7 Å². The van der Waals surface area contributed by atoms with Crippen LogP contribution in [0.4, 0.5) is 5.82 Å². The van der Waals surface area contributed by atoms with E-state index in [4.69, 9.17) is 25.5 Å². The summed E-state index contributed by atoms with van der Waals surface area (Å²) >= 11 is 5.98. The summed E-state index contributed by atoms with van der Waals surface area (Å²) in [7, 11) is -2.13. The molecule has 0 aliphatic heterocycles. The lowest BCUT2D eigenvalue weighted by molar-refractivity contribution is -0.127. The van der Waals surface area contributed by atoms with Gasteiger partial charge in [-0.05, 0) is 47.8 Å². The van der Waals surface area contributed by atoms with Crippen LogP contribution in [0.15, 0.2) is 49.1 Å². The van der Waals surface area contributed by atoms with E-state index in [0.717, 1.165) is 0 Å². The van der Waals surface area contributed by atoms with E-state index in [0.29, 0.717) is 33.6 Å². The highest BCUT2D eigenvalue weighted by molar-refractivity contribution is 6.77. The molecule has 246 valence electrons. The van der Waals surface area contributed by atoms with Gasteiger partial charge in [0, 0.05) is 6.20 Å². The second kappa shape index (κ2) is 15.5. The number of halogens is 1. The van der Waals surface area contributed by atoms with Crippen LogP contribution < -0.4 is 10.1 Å². The van der Waals surface area contributed by atoms with Crippen LogP contribution in [0.3, 0.4) is 0 Å². The average molecular weight is 675 g/mol. The van der Waals surface area contributed by atoms with Gasteiger partial charge in [0.15, 0.2) is 14.0 Å². The molecule has 4 aromatic rings.